The predicted octanol–water partition coefficient (Wildman–Crippen LogP) is 2.73. The largest absolute Gasteiger partial charge is 0.356 e. The first-order valence-electron chi connectivity index (χ1n) is 11.4. The zero-order valence-corrected chi connectivity index (χ0v) is 18.8. The highest BCUT2D eigenvalue weighted by Gasteiger charge is 2.47. The molecule has 4 rings (SSSR count). The summed E-state index contributed by atoms with van der Waals surface area (Å²) in [5.74, 6) is -0.313. The summed E-state index contributed by atoms with van der Waals surface area (Å²) in [7, 11) is 1.74. The second-order valence-corrected chi connectivity index (χ2v) is 9.02. The molecule has 2 fully saturated rings. The molecule has 2 atom stereocenters. The van der Waals surface area contributed by atoms with Crippen LogP contribution in [0.25, 0.3) is 11.1 Å². The Hall–Kier alpha value is -3.15. The van der Waals surface area contributed by atoms with Gasteiger partial charge >= 0.3 is 0 Å². The SMILES string of the molecule is CCNC(=O)C1(Cc2ccccc2-c2ccccc2)CCN(C(=O)C2CC(=O)N(C)C2)C1. The molecule has 2 heterocycles. The van der Waals surface area contributed by atoms with E-state index < -0.39 is 5.41 Å². The molecule has 32 heavy (non-hydrogen) atoms. The Labute approximate surface area is 189 Å². The van der Waals surface area contributed by atoms with Crippen molar-refractivity contribution in [2.75, 3.05) is 33.2 Å². The van der Waals surface area contributed by atoms with Crippen LogP contribution in [-0.4, -0.2) is 60.7 Å². The Morgan fingerprint density at radius 3 is 2.50 bits per heavy atom. The maximum atomic E-state index is 13.3. The van der Waals surface area contributed by atoms with E-state index in [2.05, 4.69) is 29.6 Å². The van der Waals surface area contributed by atoms with Crippen molar-refractivity contribution in [3.05, 3.63) is 60.2 Å². The number of benzene rings is 2. The highest BCUT2D eigenvalue weighted by Crippen LogP contribution is 2.38. The van der Waals surface area contributed by atoms with Gasteiger partial charge in [0.1, 0.15) is 0 Å². The molecule has 0 spiro atoms. The minimum atomic E-state index is -0.676. The van der Waals surface area contributed by atoms with Crippen LogP contribution < -0.4 is 5.32 Å². The van der Waals surface area contributed by atoms with Gasteiger partial charge in [-0.05, 0) is 36.5 Å². The zero-order valence-electron chi connectivity index (χ0n) is 18.8. The van der Waals surface area contributed by atoms with Crippen LogP contribution in [-0.2, 0) is 20.8 Å². The van der Waals surface area contributed by atoms with Gasteiger partial charge in [-0.2, -0.15) is 0 Å². The van der Waals surface area contributed by atoms with E-state index in [1.54, 1.807) is 16.8 Å². The highest BCUT2D eigenvalue weighted by atomic mass is 16.2. The van der Waals surface area contributed by atoms with Crippen LogP contribution in [0.15, 0.2) is 54.6 Å². The van der Waals surface area contributed by atoms with Crippen molar-refractivity contribution in [1.29, 1.82) is 0 Å². The van der Waals surface area contributed by atoms with E-state index in [-0.39, 0.29) is 30.1 Å². The molecule has 0 saturated carbocycles. The molecule has 6 nitrogen and oxygen atoms in total. The summed E-state index contributed by atoms with van der Waals surface area (Å²) < 4.78 is 0. The monoisotopic (exact) mass is 433 g/mol. The first-order valence-corrected chi connectivity index (χ1v) is 11.4. The van der Waals surface area contributed by atoms with Crippen LogP contribution in [0.1, 0.15) is 25.3 Å². The first kappa shape index (κ1) is 22.1. The molecule has 0 aliphatic carbocycles. The number of hydrogen-bond donors (Lipinski definition) is 1. The van der Waals surface area contributed by atoms with Crippen LogP contribution in [0.5, 0.6) is 0 Å². The van der Waals surface area contributed by atoms with Crippen molar-refractivity contribution in [3.63, 3.8) is 0 Å². The van der Waals surface area contributed by atoms with E-state index in [0.717, 1.165) is 16.7 Å². The summed E-state index contributed by atoms with van der Waals surface area (Å²) >= 11 is 0. The van der Waals surface area contributed by atoms with Crippen LogP contribution in [0.2, 0.25) is 0 Å². The smallest absolute Gasteiger partial charge is 0.228 e. The van der Waals surface area contributed by atoms with Crippen LogP contribution in [0.3, 0.4) is 0 Å². The van der Waals surface area contributed by atoms with E-state index >= 15 is 0 Å². The van der Waals surface area contributed by atoms with Gasteiger partial charge in [0.25, 0.3) is 0 Å². The maximum absolute atomic E-state index is 13.3. The van der Waals surface area contributed by atoms with Crippen LogP contribution >= 0.6 is 0 Å². The van der Waals surface area contributed by atoms with E-state index in [1.165, 1.54) is 0 Å². The highest BCUT2D eigenvalue weighted by molar-refractivity contribution is 5.91. The fourth-order valence-corrected chi connectivity index (χ4v) is 5.04. The van der Waals surface area contributed by atoms with Gasteiger partial charge in [0.05, 0.1) is 11.3 Å². The lowest BCUT2D eigenvalue weighted by atomic mass is 9.78. The van der Waals surface area contributed by atoms with Gasteiger partial charge in [-0.1, -0.05) is 54.6 Å². The summed E-state index contributed by atoms with van der Waals surface area (Å²) in [6.07, 6.45) is 1.44. The number of nitrogens with zero attached hydrogens (tertiary/aromatic N) is 2. The molecule has 2 aliphatic rings. The van der Waals surface area contributed by atoms with Crippen molar-refractivity contribution in [2.45, 2.75) is 26.2 Å². The third-order valence-corrected chi connectivity index (χ3v) is 6.81. The Kier molecular flexibility index (Phi) is 6.31. The normalized spacial score (nSPS) is 22.9. The standard InChI is InChI=1S/C26H31N3O3/c1-3-27-25(32)26(13-14-29(18-26)24(31)21-15-23(30)28(2)17-21)16-20-11-7-8-12-22(20)19-9-5-4-6-10-19/h4-12,21H,3,13-18H2,1-2H3,(H,27,32). The number of nitrogens with one attached hydrogen (secondary N) is 1. The molecule has 2 saturated heterocycles. The van der Waals surface area contributed by atoms with Gasteiger partial charge in [-0.25, -0.2) is 0 Å². The van der Waals surface area contributed by atoms with Gasteiger partial charge in [0.2, 0.25) is 17.7 Å². The molecule has 3 amide bonds. The molecule has 2 aromatic rings. The maximum Gasteiger partial charge on any atom is 0.228 e. The van der Waals surface area contributed by atoms with Crippen molar-refractivity contribution in [2.24, 2.45) is 11.3 Å². The number of rotatable bonds is 6. The summed E-state index contributed by atoms with van der Waals surface area (Å²) in [6.45, 7) is 3.85. The van der Waals surface area contributed by atoms with Gasteiger partial charge in [0, 0.05) is 39.6 Å². The van der Waals surface area contributed by atoms with E-state index in [0.29, 0.717) is 39.0 Å². The van der Waals surface area contributed by atoms with Crippen LogP contribution in [0, 0.1) is 11.3 Å². The van der Waals surface area contributed by atoms with Crippen molar-refractivity contribution in [1.82, 2.24) is 15.1 Å². The fraction of sp³-hybridized carbons (Fsp3) is 0.423. The molecule has 0 aromatic heterocycles. The quantitative estimate of drug-likeness (QED) is 0.762. The lowest BCUT2D eigenvalue weighted by Crippen LogP contribution is -2.46. The third-order valence-electron chi connectivity index (χ3n) is 6.81. The molecule has 0 radical (unpaired) electrons. The molecular weight excluding hydrogens is 402 g/mol. The van der Waals surface area contributed by atoms with E-state index in [1.807, 2.05) is 37.3 Å². The van der Waals surface area contributed by atoms with Crippen molar-refractivity contribution < 1.29 is 14.4 Å². The predicted molar refractivity (Wildman–Crippen MR) is 124 cm³/mol. The lowest BCUT2D eigenvalue weighted by molar-refractivity contribution is -0.136. The molecule has 2 aliphatic heterocycles. The molecule has 0 bridgehead atoms. The van der Waals surface area contributed by atoms with Crippen LogP contribution in [0.4, 0.5) is 0 Å². The Bertz CT molecular complexity index is 1010. The van der Waals surface area contributed by atoms with Gasteiger partial charge in [0.15, 0.2) is 0 Å². The zero-order chi connectivity index (χ0) is 22.7. The Morgan fingerprint density at radius 2 is 1.81 bits per heavy atom. The second kappa shape index (κ2) is 9.15. The number of carbonyl (C=O) groups excluding carboxylic acids is 3. The average Bonchev–Trinajstić information content (AvgIpc) is 3.39. The Morgan fingerprint density at radius 1 is 1.09 bits per heavy atom. The third kappa shape index (κ3) is 4.27. The first-order chi connectivity index (χ1) is 15.4. The number of carbonyl (C=O) groups is 3. The summed E-state index contributed by atoms with van der Waals surface area (Å²) in [5, 5.41) is 3.01. The minimum absolute atomic E-state index is 0.00205. The minimum Gasteiger partial charge on any atom is -0.356 e. The summed E-state index contributed by atoms with van der Waals surface area (Å²) in [4.78, 5) is 41.8. The molecule has 2 aromatic carbocycles. The van der Waals surface area contributed by atoms with E-state index in [4.69, 9.17) is 0 Å². The molecule has 2 unspecified atom stereocenters. The van der Waals surface area contributed by atoms with Crippen molar-refractivity contribution in [3.8, 4) is 11.1 Å². The lowest BCUT2D eigenvalue weighted by Gasteiger charge is -2.29. The molecular formula is C26H31N3O3. The Balaban J connectivity index is 1.60. The van der Waals surface area contributed by atoms with Crippen molar-refractivity contribution >= 4 is 17.7 Å². The van der Waals surface area contributed by atoms with Gasteiger partial charge < -0.3 is 15.1 Å². The molecule has 1 N–H and O–H groups in total. The summed E-state index contributed by atoms with van der Waals surface area (Å²) in [5.41, 5.74) is 2.66. The average molecular weight is 434 g/mol. The number of likely N-dealkylation sites (tertiary alicyclic amines) is 2. The molecule has 6 heteroatoms. The number of amides is 3. The van der Waals surface area contributed by atoms with Gasteiger partial charge in [-0.15, -0.1) is 0 Å². The molecule has 168 valence electrons. The summed E-state index contributed by atoms with van der Waals surface area (Å²) in [6, 6.07) is 18.4. The fourth-order valence-electron chi connectivity index (χ4n) is 5.04. The van der Waals surface area contributed by atoms with E-state index in [9.17, 15) is 14.4 Å². The topological polar surface area (TPSA) is 69.7 Å². The van der Waals surface area contributed by atoms with Gasteiger partial charge in [-0.3, -0.25) is 14.4 Å². The second-order valence-electron chi connectivity index (χ2n) is 9.02. The number of hydrogen-bond acceptors (Lipinski definition) is 3.